The summed E-state index contributed by atoms with van der Waals surface area (Å²) in [4.78, 5) is 11.1. The molecule has 0 heterocycles. The molecular formula is C12H18O. The number of allylic oxidation sites excluding steroid dienone is 2. The second-order valence-electron chi connectivity index (χ2n) is 4.70. The van der Waals surface area contributed by atoms with Crippen LogP contribution in [-0.2, 0) is 4.79 Å². The highest BCUT2D eigenvalue weighted by Crippen LogP contribution is 2.43. The minimum absolute atomic E-state index is 0.0800. The van der Waals surface area contributed by atoms with E-state index in [4.69, 9.17) is 0 Å². The maximum absolute atomic E-state index is 11.1. The maximum atomic E-state index is 11.1. The van der Waals surface area contributed by atoms with Crippen molar-refractivity contribution in [3.8, 4) is 0 Å². The molecule has 0 radical (unpaired) electrons. The molecule has 0 aromatic carbocycles. The Labute approximate surface area is 80.2 Å². The van der Waals surface area contributed by atoms with Crippen molar-refractivity contribution in [2.24, 2.45) is 11.3 Å². The van der Waals surface area contributed by atoms with Gasteiger partial charge in [-0.15, -0.1) is 0 Å². The highest BCUT2D eigenvalue weighted by atomic mass is 16.1. The summed E-state index contributed by atoms with van der Waals surface area (Å²) in [7, 11) is 0. The van der Waals surface area contributed by atoms with E-state index >= 15 is 0 Å². The van der Waals surface area contributed by atoms with Gasteiger partial charge >= 0.3 is 0 Å². The van der Waals surface area contributed by atoms with Crippen LogP contribution in [0, 0.1) is 11.3 Å². The monoisotopic (exact) mass is 178 g/mol. The third-order valence-corrected chi connectivity index (χ3v) is 3.65. The standard InChI is InChI=1S/C12H18O/c13-10-12(7-3-4-8-12)9-11-5-1-2-6-11/h1-2,10-11H,3-9H2. The van der Waals surface area contributed by atoms with Gasteiger partial charge in [0.15, 0.2) is 0 Å². The molecule has 1 heteroatoms. The molecule has 2 rings (SSSR count). The lowest BCUT2D eigenvalue weighted by Crippen LogP contribution is -2.21. The summed E-state index contributed by atoms with van der Waals surface area (Å²) in [5.74, 6) is 0.767. The predicted octanol–water partition coefficient (Wildman–Crippen LogP) is 3.10. The average Bonchev–Trinajstić information content (AvgIpc) is 2.77. The molecule has 0 bridgehead atoms. The van der Waals surface area contributed by atoms with E-state index in [-0.39, 0.29) is 5.41 Å². The van der Waals surface area contributed by atoms with Gasteiger partial charge in [0.1, 0.15) is 6.29 Å². The Morgan fingerprint density at radius 1 is 1.23 bits per heavy atom. The first-order valence-electron chi connectivity index (χ1n) is 5.46. The Morgan fingerprint density at radius 2 is 1.85 bits per heavy atom. The minimum Gasteiger partial charge on any atom is -0.303 e. The Morgan fingerprint density at radius 3 is 2.38 bits per heavy atom. The van der Waals surface area contributed by atoms with Crippen LogP contribution in [0.2, 0.25) is 0 Å². The fraction of sp³-hybridized carbons (Fsp3) is 0.750. The Kier molecular flexibility index (Phi) is 2.52. The molecule has 1 saturated carbocycles. The van der Waals surface area contributed by atoms with Crippen LogP contribution in [-0.4, -0.2) is 6.29 Å². The van der Waals surface area contributed by atoms with Gasteiger partial charge in [0.2, 0.25) is 0 Å². The SMILES string of the molecule is O=CC1(CC2CC=CC2)CCCC1. The molecule has 0 unspecified atom stereocenters. The van der Waals surface area contributed by atoms with E-state index in [0.717, 1.165) is 25.2 Å². The highest BCUT2D eigenvalue weighted by Gasteiger charge is 2.35. The zero-order chi connectivity index (χ0) is 9.15. The smallest absolute Gasteiger partial charge is 0.126 e. The van der Waals surface area contributed by atoms with Crippen LogP contribution in [0.4, 0.5) is 0 Å². The molecular weight excluding hydrogens is 160 g/mol. The van der Waals surface area contributed by atoms with Crippen molar-refractivity contribution in [1.82, 2.24) is 0 Å². The molecule has 1 nitrogen and oxygen atoms in total. The van der Waals surface area contributed by atoms with Crippen LogP contribution >= 0.6 is 0 Å². The summed E-state index contributed by atoms with van der Waals surface area (Å²) < 4.78 is 0. The van der Waals surface area contributed by atoms with Gasteiger partial charge in [0.25, 0.3) is 0 Å². The van der Waals surface area contributed by atoms with E-state index in [1.54, 1.807) is 0 Å². The quantitative estimate of drug-likeness (QED) is 0.479. The van der Waals surface area contributed by atoms with Crippen molar-refractivity contribution in [3.05, 3.63) is 12.2 Å². The molecule has 0 aliphatic heterocycles. The Bertz CT molecular complexity index is 203. The third kappa shape index (κ3) is 1.84. The Balaban J connectivity index is 1.93. The summed E-state index contributed by atoms with van der Waals surface area (Å²) in [6.45, 7) is 0. The molecule has 0 spiro atoms. The average molecular weight is 178 g/mol. The molecule has 13 heavy (non-hydrogen) atoms. The molecule has 0 saturated heterocycles. The lowest BCUT2D eigenvalue weighted by molar-refractivity contribution is -0.116. The fourth-order valence-corrected chi connectivity index (χ4v) is 2.86. The maximum Gasteiger partial charge on any atom is 0.126 e. The number of rotatable bonds is 3. The molecule has 1 fully saturated rings. The first-order valence-corrected chi connectivity index (χ1v) is 5.46. The van der Waals surface area contributed by atoms with Crippen LogP contribution in [0.15, 0.2) is 12.2 Å². The van der Waals surface area contributed by atoms with Gasteiger partial charge in [-0.25, -0.2) is 0 Å². The summed E-state index contributed by atoms with van der Waals surface area (Å²) in [5, 5.41) is 0. The van der Waals surface area contributed by atoms with Gasteiger partial charge < -0.3 is 4.79 Å². The van der Waals surface area contributed by atoms with Gasteiger partial charge in [-0.05, 0) is 38.0 Å². The molecule has 0 N–H and O–H groups in total. The summed E-state index contributed by atoms with van der Waals surface area (Å²) in [6, 6.07) is 0. The molecule has 72 valence electrons. The second kappa shape index (κ2) is 3.65. The number of hydrogen-bond donors (Lipinski definition) is 0. The van der Waals surface area contributed by atoms with E-state index < -0.39 is 0 Å². The van der Waals surface area contributed by atoms with Crippen molar-refractivity contribution < 1.29 is 4.79 Å². The number of aldehydes is 1. The minimum atomic E-state index is 0.0800. The summed E-state index contributed by atoms with van der Waals surface area (Å²) in [6.07, 6.45) is 14.1. The largest absolute Gasteiger partial charge is 0.303 e. The van der Waals surface area contributed by atoms with E-state index in [1.807, 2.05) is 0 Å². The van der Waals surface area contributed by atoms with Crippen LogP contribution in [0.25, 0.3) is 0 Å². The van der Waals surface area contributed by atoms with E-state index in [9.17, 15) is 4.79 Å². The highest BCUT2D eigenvalue weighted by molar-refractivity contribution is 5.59. The lowest BCUT2D eigenvalue weighted by atomic mass is 9.78. The van der Waals surface area contributed by atoms with Crippen LogP contribution in [0.1, 0.15) is 44.9 Å². The van der Waals surface area contributed by atoms with Crippen LogP contribution in [0.5, 0.6) is 0 Å². The topological polar surface area (TPSA) is 17.1 Å². The molecule has 2 aliphatic rings. The van der Waals surface area contributed by atoms with Gasteiger partial charge in [-0.3, -0.25) is 0 Å². The number of carbonyl (C=O) groups excluding carboxylic acids is 1. The first kappa shape index (κ1) is 8.98. The van der Waals surface area contributed by atoms with Crippen molar-refractivity contribution in [2.45, 2.75) is 44.9 Å². The van der Waals surface area contributed by atoms with Gasteiger partial charge in [-0.1, -0.05) is 25.0 Å². The second-order valence-corrected chi connectivity index (χ2v) is 4.70. The van der Waals surface area contributed by atoms with Crippen LogP contribution in [0.3, 0.4) is 0 Å². The Hall–Kier alpha value is -0.590. The zero-order valence-electron chi connectivity index (χ0n) is 8.17. The van der Waals surface area contributed by atoms with E-state index in [2.05, 4.69) is 12.2 Å². The zero-order valence-corrected chi connectivity index (χ0v) is 8.17. The van der Waals surface area contributed by atoms with Gasteiger partial charge in [0.05, 0.1) is 0 Å². The van der Waals surface area contributed by atoms with Gasteiger partial charge in [-0.2, -0.15) is 0 Å². The number of hydrogen-bond acceptors (Lipinski definition) is 1. The third-order valence-electron chi connectivity index (χ3n) is 3.65. The molecule has 0 aromatic rings. The molecule has 0 amide bonds. The van der Waals surface area contributed by atoms with Crippen molar-refractivity contribution >= 4 is 6.29 Å². The molecule has 0 atom stereocenters. The first-order chi connectivity index (χ1) is 6.35. The van der Waals surface area contributed by atoms with E-state index in [1.165, 1.54) is 32.0 Å². The van der Waals surface area contributed by atoms with Crippen LogP contribution < -0.4 is 0 Å². The van der Waals surface area contributed by atoms with Crippen molar-refractivity contribution in [1.29, 1.82) is 0 Å². The normalized spacial score (nSPS) is 26.8. The molecule has 0 aromatic heterocycles. The summed E-state index contributed by atoms with van der Waals surface area (Å²) in [5.41, 5.74) is 0.0800. The van der Waals surface area contributed by atoms with Crippen molar-refractivity contribution in [3.63, 3.8) is 0 Å². The lowest BCUT2D eigenvalue weighted by Gasteiger charge is -2.25. The number of carbonyl (C=O) groups is 1. The van der Waals surface area contributed by atoms with Crippen molar-refractivity contribution in [2.75, 3.05) is 0 Å². The fourth-order valence-electron chi connectivity index (χ4n) is 2.86. The van der Waals surface area contributed by atoms with E-state index in [0.29, 0.717) is 0 Å². The molecule has 2 aliphatic carbocycles. The predicted molar refractivity (Wildman–Crippen MR) is 53.4 cm³/mol. The summed E-state index contributed by atoms with van der Waals surface area (Å²) >= 11 is 0. The van der Waals surface area contributed by atoms with Gasteiger partial charge in [0, 0.05) is 5.41 Å².